The summed E-state index contributed by atoms with van der Waals surface area (Å²) in [6.45, 7) is 1.28. The van der Waals surface area contributed by atoms with Crippen LogP contribution in [-0.4, -0.2) is 90.5 Å². The zero-order chi connectivity index (χ0) is 27.1. The molecule has 8 nitrogen and oxygen atoms in total. The lowest BCUT2D eigenvalue weighted by atomic mass is 10.2. The van der Waals surface area contributed by atoms with E-state index in [1.54, 1.807) is 0 Å². The van der Waals surface area contributed by atoms with E-state index in [0.717, 1.165) is 0 Å². The van der Waals surface area contributed by atoms with Crippen LogP contribution < -0.4 is 0 Å². The summed E-state index contributed by atoms with van der Waals surface area (Å²) in [5.41, 5.74) is 0. The molecule has 0 aromatic carbocycles. The molecule has 0 bridgehead atoms. The molecule has 0 saturated heterocycles. The first-order valence-electron chi connectivity index (χ1n) is 6.89. The summed E-state index contributed by atoms with van der Waals surface area (Å²) in [5, 5.41) is 15.2. The molecule has 0 aliphatic heterocycles. The monoisotopic (exact) mass is 554 g/mol. The quantitative estimate of drug-likeness (QED) is 0.222. The van der Waals surface area contributed by atoms with Gasteiger partial charge in [-0.25, -0.2) is 26.3 Å². The van der Waals surface area contributed by atoms with Crippen LogP contribution in [0.5, 0.6) is 0 Å². The predicted octanol–water partition coefficient (Wildman–Crippen LogP) is 2.14. The molecule has 0 rings (SSSR count). The van der Waals surface area contributed by atoms with Crippen LogP contribution in [0.3, 0.4) is 0 Å². The summed E-state index contributed by atoms with van der Waals surface area (Å²) in [4.78, 5) is 0. The van der Waals surface area contributed by atoms with Gasteiger partial charge in [0, 0.05) is 0 Å². The molecule has 2 atom stereocenters. The third-order valence-electron chi connectivity index (χ3n) is 2.07. The molecular weight excluding hydrogens is 540 g/mol. The second kappa shape index (κ2) is 11.9. The second-order valence-electron chi connectivity index (χ2n) is 5.41. The molecule has 0 spiro atoms. The lowest BCUT2D eigenvalue weighted by molar-refractivity contribution is -0.238. The fourth-order valence-corrected chi connectivity index (χ4v) is 2.38. The van der Waals surface area contributed by atoms with Crippen molar-refractivity contribution in [2.45, 2.75) is 49.8 Å². The minimum atomic E-state index is -5.88. The Morgan fingerprint density at radius 3 is 0.875 bits per heavy atom. The van der Waals surface area contributed by atoms with E-state index in [4.69, 9.17) is 19.3 Å². The van der Waals surface area contributed by atoms with E-state index in [1.165, 1.54) is 6.92 Å². The molecule has 0 saturated carbocycles. The lowest BCUT2D eigenvalue weighted by Crippen LogP contribution is -2.46. The van der Waals surface area contributed by atoms with Gasteiger partial charge in [0.25, 0.3) is 32.6 Å². The van der Waals surface area contributed by atoms with Crippen LogP contribution in [0.15, 0.2) is 0 Å². The highest BCUT2D eigenvalue weighted by molar-refractivity contribution is 7.86. The number of hydrogen-bond acceptors (Lipinski definition) is 6. The van der Waals surface area contributed by atoms with E-state index in [0.29, 0.717) is 0 Å². The molecule has 0 aliphatic carbocycles. The first-order chi connectivity index (χ1) is 13.5. The maximum Gasteiger partial charge on any atom is 0.425 e. The molecule has 0 aliphatic rings. The highest BCUT2D eigenvalue weighted by Crippen LogP contribution is 2.36. The number of hydrogen-bond donors (Lipinski definition) is 4. The maximum absolute atomic E-state index is 12.2. The van der Waals surface area contributed by atoms with E-state index in [1.807, 2.05) is 0 Å². The molecule has 2 unspecified atom stereocenters. The van der Waals surface area contributed by atoms with Crippen molar-refractivity contribution in [1.82, 2.24) is 0 Å². The van der Waals surface area contributed by atoms with Crippen molar-refractivity contribution in [3.63, 3.8) is 0 Å². The summed E-state index contributed by atoms with van der Waals surface area (Å²) in [6, 6.07) is 0. The molecule has 22 heteroatoms. The number of rotatable bonds is 6. The van der Waals surface area contributed by atoms with Crippen molar-refractivity contribution < 1.29 is 88.8 Å². The molecule has 0 heterocycles. The third kappa shape index (κ3) is 18.5. The van der Waals surface area contributed by atoms with Crippen LogP contribution in [0.1, 0.15) is 6.92 Å². The van der Waals surface area contributed by atoms with E-state index >= 15 is 0 Å². The van der Waals surface area contributed by atoms with Gasteiger partial charge < -0.3 is 10.2 Å². The highest BCUT2D eigenvalue weighted by atomic mass is 32.2. The Bertz CT molecular complexity index is 695. The Balaban J connectivity index is -0.000000450. The van der Waals surface area contributed by atoms with E-state index in [-0.39, 0.29) is 0 Å². The van der Waals surface area contributed by atoms with Crippen LogP contribution >= 0.6 is 0 Å². The first kappa shape index (κ1) is 35.5. The highest BCUT2D eigenvalue weighted by Gasteiger charge is 2.59. The normalized spacial score (nSPS) is 15.8. The average Bonchev–Trinajstić information content (AvgIpc) is 2.38. The molecule has 198 valence electrons. The zero-order valence-electron chi connectivity index (χ0n) is 14.9. The zero-order valence-corrected chi connectivity index (χ0v) is 16.6. The first-order valence-corrected chi connectivity index (χ1v) is 10.1. The summed E-state index contributed by atoms with van der Waals surface area (Å²) in [7, 11) is -10.8. The Kier molecular flexibility index (Phi) is 13.1. The lowest BCUT2D eigenvalue weighted by Gasteiger charge is -2.21. The molecule has 4 N–H and O–H groups in total. The van der Waals surface area contributed by atoms with Gasteiger partial charge in [0.05, 0.1) is 0 Å². The molecule has 0 radical (unpaired) electrons. The molecule has 0 amide bonds. The molecule has 32 heavy (non-hydrogen) atoms. The van der Waals surface area contributed by atoms with Crippen molar-refractivity contribution in [3.8, 4) is 0 Å². The van der Waals surface area contributed by atoms with Gasteiger partial charge in [0.15, 0.2) is 0 Å². The van der Waals surface area contributed by atoms with E-state index < -0.39 is 74.6 Å². The smallest absolute Gasteiger partial charge is 0.368 e. The summed E-state index contributed by atoms with van der Waals surface area (Å²) >= 11 is 0. The Morgan fingerprint density at radius 2 is 0.781 bits per heavy atom. The molecule has 0 fully saturated rings. The topological polar surface area (TPSA) is 149 Å². The summed E-state index contributed by atoms with van der Waals surface area (Å²) < 4.78 is 196. The number of aliphatic hydroxyl groups excluding tert-OH is 1. The van der Waals surface area contributed by atoms with Gasteiger partial charge in [-0.15, -0.1) is 0 Å². The molecule has 0 aromatic rings. The second-order valence-corrected chi connectivity index (χ2v) is 8.32. The van der Waals surface area contributed by atoms with Gasteiger partial charge in [-0.05, 0) is 6.92 Å². The standard InChI is InChI=1S/2C4H4F6O3S.C2H6O2/c2*5-2(4(8,9)10)3(6,7)1-14(11,12)13;1-2(3)4/h2*2H,1H2,(H,11,12,13);2-4H,1H3. The van der Waals surface area contributed by atoms with E-state index in [9.17, 15) is 69.5 Å². The number of halogens is 12. The van der Waals surface area contributed by atoms with Crippen molar-refractivity contribution in [3.05, 3.63) is 0 Å². The largest absolute Gasteiger partial charge is 0.425 e. The number of alkyl halides is 12. The summed E-state index contributed by atoms with van der Waals surface area (Å²) in [6.07, 6.45) is -22.2. The average molecular weight is 554 g/mol. The summed E-state index contributed by atoms with van der Waals surface area (Å²) in [5.74, 6) is -15.6. The minimum Gasteiger partial charge on any atom is -0.368 e. The Hall–Kier alpha value is -1.10. The van der Waals surface area contributed by atoms with Gasteiger partial charge in [0.1, 0.15) is 17.8 Å². The fourth-order valence-electron chi connectivity index (χ4n) is 1.11. The van der Waals surface area contributed by atoms with Crippen molar-refractivity contribution in [2.24, 2.45) is 0 Å². The van der Waals surface area contributed by atoms with E-state index in [2.05, 4.69) is 0 Å². The van der Waals surface area contributed by atoms with Crippen molar-refractivity contribution >= 4 is 20.2 Å². The van der Waals surface area contributed by atoms with Crippen LogP contribution in [-0.2, 0) is 20.2 Å². The van der Waals surface area contributed by atoms with Gasteiger partial charge in [-0.1, -0.05) is 0 Å². The van der Waals surface area contributed by atoms with Gasteiger partial charge in [0.2, 0.25) is 0 Å². The Labute approximate surface area is 171 Å². The van der Waals surface area contributed by atoms with Gasteiger partial charge in [-0.2, -0.15) is 43.2 Å². The van der Waals surface area contributed by atoms with Crippen molar-refractivity contribution in [1.29, 1.82) is 0 Å². The Morgan fingerprint density at radius 1 is 0.625 bits per heavy atom. The number of aliphatic hydroxyl groups is 2. The maximum atomic E-state index is 12.2. The minimum absolute atomic E-state index is 1.17. The SMILES string of the molecule is CC(O)O.O=S(=O)(O)CC(F)(F)C(F)C(F)(F)F.O=S(=O)(O)CC(F)(F)C(F)C(F)(F)F. The van der Waals surface area contributed by atoms with Gasteiger partial charge >= 0.3 is 24.2 Å². The molecule has 0 aromatic heterocycles. The van der Waals surface area contributed by atoms with Crippen LogP contribution in [0, 0.1) is 0 Å². The van der Waals surface area contributed by atoms with Crippen LogP contribution in [0.4, 0.5) is 52.7 Å². The predicted molar refractivity (Wildman–Crippen MR) is 78.5 cm³/mol. The van der Waals surface area contributed by atoms with Gasteiger partial charge in [-0.3, -0.25) is 9.11 Å². The van der Waals surface area contributed by atoms with Crippen LogP contribution in [0.25, 0.3) is 0 Å². The fraction of sp³-hybridized carbons (Fsp3) is 1.00. The van der Waals surface area contributed by atoms with Crippen LogP contribution in [0.2, 0.25) is 0 Å². The molecular formula is C10H14F12O8S2. The third-order valence-corrected chi connectivity index (χ3v) is 3.57. The van der Waals surface area contributed by atoms with Crippen molar-refractivity contribution in [2.75, 3.05) is 11.5 Å².